The standard InChI is InChI=1S/C22H21ClN4O5/c1-26(2)19(20-8-5-11-32-20)13-24-21(28)16-6-3-4-7-18(16)25-22(29)15-10-9-14(27(30)31)12-17(15)23/h3-12,19H,13H2,1-2H3,(H,24,28)(H,25,29). The molecule has 10 heteroatoms. The van der Waals surface area contributed by atoms with Crippen molar-refractivity contribution in [2.24, 2.45) is 0 Å². The average Bonchev–Trinajstić information content (AvgIpc) is 3.28. The van der Waals surface area contributed by atoms with Crippen LogP contribution in [0.4, 0.5) is 11.4 Å². The summed E-state index contributed by atoms with van der Waals surface area (Å²) in [4.78, 5) is 37.7. The van der Waals surface area contributed by atoms with Gasteiger partial charge < -0.3 is 15.1 Å². The number of non-ortho nitro benzene ring substituents is 1. The van der Waals surface area contributed by atoms with Crippen molar-refractivity contribution in [2.45, 2.75) is 6.04 Å². The molecule has 1 atom stereocenters. The van der Waals surface area contributed by atoms with E-state index in [9.17, 15) is 19.7 Å². The Morgan fingerprint density at radius 2 is 1.84 bits per heavy atom. The van der Waals surface area contributed by atoms with E-state index in [1.165, 1.54) is 12.1 Å². The highest BCUT2D eigenvalue weighted by Crippen LogP contribution is 2.24. The minimum absolute atomic E-state index is 0.0537. The number of para-hydroxylation sites is 1. The molecule has 2 amide bonds. The van der Waals surface area contributed by atoms with Crippen molar-refractivity contribution in [1.29, 1.82) is 0 Å². The quantitative estimate of drug-likeness (QED) is 0.388. The molecule has 1 unspecified atom stereocenters. The Labute approximate surface area is 189 Å². The lowest BCUT2D eigenvalue weighted by atomic mass is 10.1. The molecule has 1 aromatic heterocycles. The zero-order chi connectivity index (χ0) is 23.3. The van der Waals surface area contributed by atoms with Gasteiger partial charge in [-0.05, 0) is 44.4 Å². The number of anilines is 1. The van der Waals surface area contributed by atoms with Gasteiger partial charge in [-0.25, -0.2) is 0 Å². The molecule has 0 aliphatic rings. The van der Waals surface area contributed by atoms with Crippen LogP contribution in [0.1, 0.15) is 32.5 Å². The Hall–Kier alpha value is -3.69. The highest BCUT2D eigenvalue weighted by molar-refractivity contribution is 6.34. The Morgan fingerprint density at radius 3 is 2.47 bits per heavy atom. The predicted molar refractivity (Wildman–Crippen MR) is 120 cm³/mol. The molecule has 0 saturated carbocycles. The van der Waals surface area contributed by atoms with E-state index in [0.29, 0.717) is 5.76 Å². The van der Waals surface area contributed by atoms with Crippen LogP contribution >= 0.6 is 11.6 Å². The molecule has 0 radical (unpaired) electrons. The summed E-state index contributed by atoms with van der Waals surface area (Å²) in [6, 6.07) is 13.5. The molecule has 2 aromatic carbocycles. The fourth-order valence-electron chi connectivity index (χ4n) is 3.08. The lowest BCUT2D eigenvalue weighted by molar-refractivity contribution is -0.384. The second kappa shape index (κ2) is 10.1. The number of nitrogens with one attached hydrogen (secondary N) is 2. The van der Waals surface area contributed by atoms with E-state index in [1.807, 2.05) is 25.1 Å². The number of nitrogens with zero attached hydrogens (tertiary/aromatic N) is 2. The molecule has 0 saturated heterocycles. The van der Waals surface area contributed by atoms with E-state index in [0.717, 1.165) is 6.07 Å². The lowest BCUT2D eigenvalue weighted by Gasteiger charge is -2.23. The number of halogens is 1. The first kappa shape index (κ1) is 23.0. The molecule has 1 heterocycles. The monoisotopic (exact) mass is 456 g/mol. The molecule has 2 N–H and O–H groups in total. The van der Waals surface area contributed by atoms with Gasteiger partial charge in [0.15, 0.2) is 0 Å². The summed E-state index contributed by atoms with van der Waals surface area (Å²) in [5.41, 5.74) is 0.371. The molecular formula is C22H21ClN4O5. The third kappa shape index (κ3) is 5.32. The molecule has 3 aromatic rings. The second-order valence-electron chi connectivity index (χ2n) is 7.13. The van der Waals surface area contributed by atoms with Gasteiger partial charge in [-0.15, -0.1) is 0 Å². The summed E-state index contributed by atoms with van der Waals surface area (Å²) in [7, 11) is 3.75. The number of carbonyl (C=O) groups excluding carboxylic acids is 2. The van der Waals surface area contributed by atoms with Crippen molar-refractivity contribution in [3.8, 4) is 0 Å². The second-order valence-corrected chi connectivity index (χ2v) is 7.53. The average molecular weight is 457 g/mol. The van der Waals surface area contributed by atoms with Gasteiger partial charge in [0.2, 0.25) is 0 Å². The number of rotatable bonds is 8. The fourth-order valence-corrected chi connectivity index (χ4v) is 3.35. The summed E-state index contributed by atoms with van der Waals surface area (Å²) in [6.45, 7) is 0.288. The van der Waals surface area contributed by atoms with Crippen molar-refractivity contribution < 1.29 is 18.9 Å². The highest BCUT2D eigenvalue weighted by atomic mass is 35.5. The highest BCUT2D eigenvalue weighted by Gasteiger charge is 2.21. The Morgan fingerprint density at radius 1 is 1.09 bits per heavy atom. The van der Waals surface area contributed by atoms with Crippen LogP contribution in [0.15, 0.2) is 65.3 Å². The number of carbonyl (C=O) groups is 2. The van der Waals surface area contributed by atoms with Crippen LogP contribution in [-0.2, 0) is 0 Å². The van der Waals surface area contributed by atoms with Crippen molar-refractivity contribution in [3.05, 3.63) is 92.9 Å². The van der Waals surface area contributed by atoms with Gasteiger partial charge in [-0.3, -0.25) is 24.6 Å². The van der Waals surface area contributed by atoms with Gasteiger partial charge in [0.05, 0.1) is 39.1 Å². The van der Waals surface area contributed by atoms with Crippen molar-refractivity contribution in [2.75, 3.05) is 26.0 Å². The zero-order valence-corrected chi connectivity index (χ0v) is 18.1. The molecule has 32 heavy (non-hydrogen) atoms. The number of furan rings is 1. The van der Waals surface area contributed by atoms with E-state index in [2.05, 4.69) is 10.6 Å². The van der Waals surface area contributed by atoms with Gasteiger partial charge in [0.25, 0.3) is 17.5 Å². The maximum Gasteiger partial charge on any atom is 0.270 e. The molecule has 9 nitrogen and oxygen atoms in total. The number of hydrogen-bond donors (Lipinski definition) is 2. The minimum atomic E-state index is -0.600. The Kier molecular flexibility index (Phi) is 7.24. The summed E-state index contributed by atoms with van der Waals surface area (Å²) < 4.78 is 5.45. The Bertz CT molecular complexity index is 1130. The van der Waals surface area contributed by atoms with Crippen LogP contribution in [0.25, 0.3) is 0 Å². The third-order valence-electron chi connectivity index (χ3n) is 4.78. The normalized spacial score (nSPS) is 11.8. The van der Waals surface area contributed by atoms with E-state index < -0.39 is 10.8 Å². The SMILES string of the molecule is CN(C)C(CNC(=O)c1ccccc1NC(=O)c1ccc([N+](=O)[O-])cc1Cl)c1ccco1. The molecular weight excluding hydrogens is 436 g/mol. The van der Waals surface area contributed by atoms with Crippen LogP contribution in [0.2, 0.25) is 5.02 Å². The molecule has 0 spiro atoms. The Balaban J connectivity index is 1.75. The first-order valence-corrected chi connectivity index (χ1v) is 9.98. The maximum atomic E-state index is 12.9. The molecule has 0 aliphatic heterocycles. The predicted octanol–water partition coefficient (Wildman–Crippen LogP) is 4.13. The first-order valence-electron chi connectivity index (χ1n) is 9.60. The van der Waals surface area contributed by atoms with Gasteiger partial charge in [0.1, 0.15) is 5.76 Å². The summed E-state index contributed by atoms with van der Waals surface area (Å²) in [5.74, 6) is -0.259. The summed E-state index contributed by atoms with van der Waals surface area (Å²) >= 11 is 6.04. The van der Waals surface area contributed by atoms with Crippen LogP contribution in [0.5, 0.6) is 0 Å². The lowest BCUT2D eigenvalue weighted by Crippen LogP contribution is -2.34. The summed E-state index contributed by atoms with van der Waals surface area (Å²) in [5, 5.41) is 16.3. The molecule has 0 aliphatic carbocycles. The fraction of sp³-hybridized carbons (Fsp3) is 0.182. The van der Waals surface area contributed by atoms with Crippen molar-refractivity contribution in [1.82, 2.24) is 10.2 Å². The largest absolute Gasteiger partial charge is 0.468 e. The van der Waals surface area contributed by atoms with Gasteiger partial charge in [-0.2, -0.15) is 0 Å². The zero-order valence-electron chi connectivity index (χ0n) is 17.4. The van der Waals surface area contributed by atoms with Gasteiger partial charge in [0, 0.05) is 18.7 Å². The number of benzene rings is 2. The molecule has 0 bridgehead atoms. The van der Waals surface area contributed by atoms with Crippen LogP contribution < -0.4 is 10.6 Å². The van der Waals surface area contributed by atoms with Gasteiger partial charge >= 0.3 is 0 Å². The third-order valence-corrected chi connectivity index (χ3v) is 5.09. The number of amides is 2. The van der Waals surface area contributed by atoms with Crippen LogP contribution in [0, 0.1) is 10.1 Å². The van der Waals surface area contributed by atoms with Gasteiger partial charge in [-0.1, -0.05) is 23.7 Å². The minimum Gasteiger partial charge on any atom is -0.468 e. The number of hydrogen-bond acceptors (Lipinski definition) is 6. The first-order chi connectivity index (χ1) is 15.3. The van der Waals surface area contributed by atoms with E-state index in [1.54, 1.807) is 36.6 Å². The number of nitro groups is 1. The van der Waals surface area contributed by atoms with E-state index in [-0.39, 0.29) is 46.0 Å². The van der Waals surface area contributed by atoms with E-state index in [4.69, 9.17) is 16.0 Å². The van der Waals surface area contributed by atoms with Crippen LogP contribution in [-0.4, -0.2) is 42.3 Å². The van der Waals surface area contributed by atoms with E-state index >= 15 is 0 Å². The van der Waals surface area contributed by atoms with Crippen LogP contribution in [0.3, 0.4) is 0 Å². The number of nitro benzene ring substituents is 1. The number of likely N-dealkylation sites (N-methyl/N-ethyl adjacent to an activating group) is 1. The smallest absolute Gasteiger partial charge is 0.270 e. The molecule has 0 fully saturated rings. The molecule has 166 valence electrons. The molecule has 3 rings (SSSR count). The maximum absolute atomic E-state index is 12.9. The van der Waals surface area contributed by atoms with Crippen molar-refractivity contribution >= 4 is 34.8 Å². The summed E-state index contributed by atoms with van der Waals surface area (Å²) in [6.07, 6.45) is 1.57. The topological polar surface area (TPSA) is 118 Å². The van der Waals surface area contributed by atoms with Crippen molar-refractivity contribution in [3.63, 3.8) is 0 Å².